The van der Waals surface area contributed by atoms with Gasteiger partial charge in [-0.15, -0.1) is 0 Å². The molecule has 1 aromatic heterocycles. The highest BCUT2D eigenvalue weighted by molar-refractivity contribution is 5.42. The molecular weight excluding hydrogens is 212 g/mol. The summed E-state index contributed by atoms with van der Waals surface area (Å²) < 4.78 is 2.03. The fourth-order valence-electron chi connectivity index (χ4n) is 1.62. The standard InChI is InChI=1S/C13H18N4/c1-17-10-9-16-13(17)11-14-7-8-15-12-5-3-2-4-6-12/h2-6,9-10,14-15H,7-8,11H2,1H3. The highest BCUT2D eigenvalue weighted by Crippen LogP contribution is 2.03. The van der Waals surface area contributed by atoms with Crippen LogP contribution < -0.4 is 10.6 Å². The van der Waals surface area contributed by atoms with Crippen molar-refractivity contribution in [3.63, 3.8) is 0 Å². The summed E-state index contributed by atoms with van der Waals surface area (Å²) in [5.41, 5.74) is 1.16. The van der Waals surface area contributed by atoms with Crippen molar-refractivity contribution in [1.29, 1.82) is 0 Å². The number of anilines is 1. The Morgan fingerprint density at radius 2 is 2.00 bits per heavy atom. The molecule has 0 saturated heterocycles. The molecule has 0 saturated carbocycles. The lowest BCUT2D eigenvalue weighted by atomic mass is 10.3. The first kappa shape index (κ1) is 11.7. The molecule has 0 aliphatic heterocycles. The summed E-state index contributed by atoms with van der Waals surface area (Å²) in [4.78, 5) is 4.25. The summed E-state index contributed by atoms with van der Waals surface area (Å²) in [5, 5.41) is 6.70. The third kappa shape index (κ3) is 3.60. The maximum absolute atomic E-state index is 4.25. The third-order valence-corrected chi connectivity index (χ3v) is 2.61. The average molecular weight is 230 g/mol. The molecule has 17 heavy (non-hydrogen) atoms. The Bertz CT molecular complexity index is 436. The average Bonchev–Trinajstić information content (AvgIpc) is 2.76. The molecule has 2 rings (SSSR count). The quantitative estimate of drug-likeness (QED) is 0.741. The zero-order chi connectivity index (χ0) is 11.9. The maximum atomic E-state index is 4.25. The molecule has 0 unspecified atom stereocenters. The molecule has 0 bridgehead atoms. The summed E-state index contributed by atoms with van der Waals surface area (Å²) in [7, 11) is 2.01. The molecule has 0 fully saturated rings. The predicted octanol–water partition coefficient (Wildman–Crippen LogP) is 1.62. The number of imidazole rings is 1. The second kappa shape index (κ2) is 6.06. The second-order valence-corrected chi connectivity index (χ2v) is 3.92. The Kier molecular flexibility index (Phi) is 4.16. The minimum Gasteiger partial charge on any atom is -0.384 e. The topological polar surface area (TPSA) is 41.9 Å². The molecule has 90 valence electrons. The van der Waals surface area contributed by atoms with Crippen LogP contribution in [0.25, 0.3) is 0 Å². The molecule has 0 atom stereocenters. The van der Waals surface area contributed by atoms with Gasteiger partial charge < -0.3 is 15.2 Å². The zero-order valence-electron chi connectivity index (χ0n) is 10.1. The first-order chi connectivity index (χ1) is 8.36. The van der Waals surface area contributed by atoms with Crippen molar-refractivity contribution in [1.82, 2.24) is 14.9 Å². The van der Waals surface area contributed by atoms with Crippen LogP contribution in [0.15, 0.2) is 42.7 Å². The zero-order valence-corrected chi connectivity index (χ0v) is 10.1. The Morgan fingerprint density at radius 1 is 1.18 bits per heavy atom. The maximum Gasteiger partial charge on any atom is 0.122 e. The van der Waals surface area contributed by atoms with Crippen LogP contribution in [0, 0.1) is 0 Å². The van der Waals surface area contributed by atoms with Gasteiger partial charge in [0, 0.05) is 38.2 Å². The van der Waals surface area contributed by atoms with Crippen molar-refractivity contribution in [3.8, 4) is 0 Å². The van der Waals surface area contributed by atoms with Crippen molar-refractivity contribution in [2.45, 2.75) is 6.54 Å². The highest BCUT2D eigenvalue weighted by atomic mass is 15.1. The minimum absolute atomic E-state index is 0.806. The predicted molar refractivity (Wildman–Crippen MR) is 69.8 cm³/mol. The van der Waals surface area contributed by atoms with Gasteiger partial charge in [0.15, 0.2) is 0 Å². The SMILES string of the molecule is Cn1ccnc1CNCCNc1ccccc1. The van der Waals surface area contributed by atoms with Crippen molar-refractivity contribution >= 4 is 5.69 Å². The lowest BCUT2D eigenvalue weighted by molar-refractivity contribution is 0.650. The van der Waals surface area contributed by atoms with E-state index in [1.807, 2.05) is 42.2 Å². The van der Waals surface area contributed by atoms with Gasteiger partial charge in [0.05, 0.1) is 6.54 Å². The second-order valence-electron chi connectivity index (χ2n) is 3.92. The van der Waals surface area contributed by atoms with E-state index >= 15 is 0 Å². The van der Waals surface area contributed by atoms with Gasteiger partial charge in [-0.05, 0) is 12.1 Å². The van der Waals surface area contributed by atoms with Crippen LogP contribution in [0.3, 0.4) is 0 Å². The Morgan fingerprint density at radius 3 is 2.71 bits per heavy atom. The van der Waals surface area contributed by atoms with Gasteiger partial charge in [0.2, 0.25) is 0 Å². The molecule has 4 nitrogen and oxygen atoms in total. The molecule has 0 aliphatic rings. The van der Waals surface area contributed by atoms with E-state index in [0.29, 0.717) is 0 Å². The van der Waals surface area contributed by atoms with Gasteiger partial charge in [-0.2, -0.15) is 0 Å². The molecule has 0 radical (unpaired) electrons. The Hall–Kier alpha value is -1.81. The van der Waals surface area contributed by atoms with Gasteiger partial charge in [-0.3, -0.25) is 0 Å². The number of benzene rings is 1. The van der Waals surface area contributed by atoms with Crippen molar-refractivity contribution in [2.24, 2.45) is 7.05 Å². The first-order valence-corrected chi connectivity index (χ1v) is 5.82. The summed E-state index contributed by atoms with van der Waals surface area (Å²) in [5.74, 6) is 1.06. The van der Waals surface area contributed by atoms with Gasteiger partial charge in [-0.25, -0.2) is 4.98 Å². The van der Waals surface area contributed by atoms with E-state index in [1.54, 1.807) is 0 Å². The van der Waals surface area contributed by atoms with Crippen LogP contribution in [-0.2, 0) is 13.6 Å². The fraction of sp³-hybridized carbons (Fsp3) is 0.308. The summed E-state index contributed by atoms with van der Waals surface area (Å²) in [6, 6.07) is 10.2. The van der Waals surface area contributed by atoms with E-state index in [2.05, 4.69) is 27.8 Å². The minimum atomic E-state index is 0.806. The van der Waals surface area contributed by atoms with E-state index in [4.69, 9.17) is 0 Å². The summed E-state index contributed by atoms with van der Waals surface area (Å²) in [6.45, 7) is 2.64. The number of nitrogens with zero attached hydrogens (tertiary/aromatic N) is 2. The van der Waals surface area contributed by atoms with Crippen LogP contribution >= 0.6 is 0 Å². The monoisotopic (exact) mass is 230 g/mol. The third-order valence-electron chi connectivity index (χ3n) is 2.61. The van der Waals surface area contributed by atoms with Crippen molar-refractivity contribution < 1.29 is 0 Å². The largest absolute Gasteiger partial charge is 0.384 e. The number of hydrogen-bond acceptors (Lipinski definition) is 3. The first-order valence-electron chi connectivity index (χ1n) is 5.82. The molecule has 2 N–H and O–H groups in total. The number of aromatic nitrogens is 2. The Labute approximate surface area is 102 Å². The van der Waals surface area contributed by atoms with Crippen LogP contribution in [0.4, 0.5) is 5.69 Å². The van der Waals surface area contributed by atoms with E-state index in [-0.39, 0.29) is 0 Å². The number of rotatable bonds is 6. The van der Waals surface area contributed by atoms with E-state index in [0.717, 1.165) is 31.1 Å². The van der Waals surface area contributed by atoms with E-state index in [9.17, 15) is 0 Å². The lowest BCUT2D eigenvalue weighted by Gasteiger charge is -2.07. The summed E-state index contributed by atoms with van der Waals surface area (Å²) >= 11 is 0. The van der Waals surface area contributed by atoms with Crippen LogP contribution in [0.1, 0.15) is 5.82 Å². The molecule has 0 aliphatic carbocycles. The number of para-hydroxylation sites is 1. The van der Waals surface area contributed by atoms with Crippen molar-refractivity contribution in [3.05, 3.63) is 48.5 Å². The summed E-state index contributed by atoms with van der Waals surface area (Å²) in [6.07, 6.45) is 3.78. The molecule has 2 aromatic rings. The number of aryl methyl sites for hydroxylation is 1. The van der Waals surface area contributed by atoms with Crippen LogP contribution in [0.5, 0.6) is 0 Å². The molecule has 1 heterocycles. The van der Waals surface area contributed by atoms with Crippen LogP contribution in [-0.4, -0.2) is 22.6 Å². The van der Waals surface area contributed by atoms with Gasteiger partial charge in [0.25, 0.3) is 0 Å². The van der Waals surface area contributed by atoms with Crippen LogP contribution in [0.2, 0.25) is 0 Å². The molecule has 0 spiro atoms. The van der Waals surface area contributed by atoms with Gasteiger partial charge >= 0.3 is 0 Å². The highest BCUT2D eigenvalue weighted by Gasteiger charge is 1.97. The van der Waals surface area contributed by atoms with Crippen molar-refractivity contribution in [2.75, 3.05) is 18.4 Å². The van der Waals surface area contributed by atoms with Gasteiger partial charge in [-0.1, -0.05) is 18.2 Å². The molecular formula is C13H18N4. The number of nitrogens with one attached hydrogen (secondary N) is 2. The number of hydrogen-bond donors (Lipinski definition) is 2. The van der Waals surface area contributed by atoms with E-state index in [1.165, 1.54) is 0 Å². The fourth-order valence-corrected chi connectivity index (χ4v) is 1.62. The molecule has 1 aromatic carbocycles. The van der Waals surface area contributed by atoms with Gasteiger partial charge in [0.1, 0.15) is 5.82 Å². The smallest absolute Gasteiger partial charge is 0.122 e. The van der Waals surface area contributed by atoms with E-state index < -0.39 is 0 Å². The Balaban J connectivity index is 1.63. The molecule has 4 heteroatoms. The lowest BCUT2D eigenvalue weighted by Crippen LogP contribution is -2.23. The normalized spacial score (nSPS) is 10.4. The molecule has 0 amide bonds.